The molecule has 2 aliphatic heterocycles. The molecular formula is C34H24FNO3. The molecule has 1 fully saturated rings. The van der Waals surface area contributed by atoms with Crippen LogP contribution in [-0.4, -0.2) is 29.4 Å². The lowest BCUT2D eigenvalue weighted by molar-refractivity contribution is 0.0664. The Morgan fingerprint density at radius 3 is 2.10 bits per heavy atom. The number of benzene rings is 4. The van der Waals surface area contributed by atoms with Gasteiger partial charge in [0.2, 0.25) is 0 Å². The average Bonchev–Trinajstić information content (AvgIpc) is 3.39. The van der Waals surface area contributed by atoms with Crippen molar-refractivity contribution in [3.63, 3.8) is 0 Å². The summed E-state index contributed by atoms with van der Waals surface area (Å²) in [6, 6.07) is 26.1. The first-order valence-corrected chi connectivity index (χ1v) is 13.0. The minimum Gasteiger partial charge on any atom is -0.352 e. The van der Waals surface area contributed by atoms with E-state index in [1.165, 1.54) is 6.07 Å². The zero-order valence-corrected chi connectivity index (χ0v) is 21.2. The average molecular weight is 514 g/mol. The first kappa shape index (κ1) is 23.5. The first-order chi connectivity index (χ1) is 18.9. The Balaban J connectivity index is 1.56. The van der Waals surface area contributed by atoms with Crippen LogP contribution in [0.1, 0.15) is 53.7 Å². The summed E-state index contributed by atoms with van der Waals surface area (Å²) in [5.41, 5.74) is 2.18. The van der Waals surface area contributed by atoms with Gasteiger partial charge in [0.1, 0.15) is 17.3 Å². The molecule has 1 spiro atoms. The number of Topliss-reactive ketones (excluding diaryl/α,β-unsaturated/α-hetero) is 3. The van der Waals surface area contributed by atoms with Crippen molar-refractivity contribution in [2.75, 3.05) is 4.90 Å². The van der Waals surface area contributed by atoms with E-state index >= 15 is 4.39 Å². The van der Waals surface area contributed by atoms with Gasteiger partial charge in [0.15, 0.2) is 17.3 Å². The number of hydrogen-bond donors (Lipinski definition) is 0. The van der Waals surface area contributed by atoms with Crippen molar-refractivity contribution < 1.29 is 18.8 Å². The summed E-state index contributed by atoms with van der Waals surface area (Å²) in [5, 5.41) is 0. The van der Waals surface area contributed by atoms with E-state index in [-0.39, 0.29) is 22.9 Å². The van der Waals surface area contributed by atoms with Crippen molar-refractivity contribution in [2.24, 2.45) is 5.41 Å². The maximum absolute atomic E-state index is 15.8. The number of hydrogen-bond acceptors (Lipinski definition) is 4. The minimum atomic E-state index is -1.71. The van der Waals surface area contributed by atoms with Crippen LogP contribution in [0.3, 0.4) is 0 Å². The fourth-order valence-electron chi connectivity index (χ4n) is 6.88. The number of fused-ring (bicyclic) bond motifs is 5. The van der Waals surface area contributed by atoms with Gasteiger partial charge in [-0.15, -0.1) is 0 Å². The van der Waals surface area contributed by atoms with Crippen molar-refractivity contribution in [2.45, 2.75) is 24.9 Å². The molecule has 2 heterocycles. The summed E-state index contributed by atoms with van der Waals surface area (Å²) in [6.07, 6.45) is 3.75. The largest absolute Gasteiger partial charge is 0.352 e. The molecule has 1 aliphatic carbocycles. The Bertz CT molecular complexity index is 1690. The van der Waals surface area contributed by atoms with E-state index in [2.05, 4.69) is 0 Å². The standard InChI is InChI=1S/C34H24FNO3/c1-20-14-16-22(17-15-20)31(37)30-29(25-11-5-6-12-26(25)35)34(32(38)23-9-3-4-10-24(23)33(34)39)28-19-18-21-8-2-7-13-27(21)36(28)30/h2-19,28-30H,1H3/t28?,29-,30+/m0/s1. The van der Waals surface area contributed by atoms with Crippen LogP contribution in [0.15, 0.2) is 103 Å². The van der Waals surface area contributed by atoms with Crippen molar-refractivity contribution in [1.82, 2.24) is 0 Å². The van der Waals surface area contributed by atoms with Crippen LogP contribution in [-0.2, 0) is 0 Å². The van der Waals surface area contributed by atoms with Crippen LogP contribution >= 0.6 is 0 Å². The van der Waals surface area contributed by atoms with Crippen molar-refractivity contribution in [3.05, 3.63) is 142 Å². The van der Waals surface area contributed by atoms with Crippen molar-refractivity contribution in [3.8, 4) is 0 Å². The second kappa shape index (κ2) is 8.43. The van der Waals surface area contributed by atoms with E-state index in [1.807, 2.05) is 60.4 Å². The molecule has 4 nitrogen and oxygen atoms in total. The number of ketones is 3. The predicted octanol–water partition coefficient (Wildman–Crippen LogP) is 6.45. The number of carbonyl (C=O) groups excluding carboxylic acids is 3. The van der Waals surface area contributed by atoms with Crippen LogP contribution in [0.25, 0.3) is 6.08 Å². The van der Waals surface area contributed by atoms with E-state index in [9.17, 15) is 14.4 Å². The number of rotatable bonds is 3. The summed E-state index contributed by atoms with van der Waals surface area (Å²) in [6.45, 7) is 1.94. The van der Waals surface area contributed by atoms with Crippen LogP contribution < -0.4 is 4.90 Å². The van der Waals surface area contributed by atoms with Gasteiger partial charge in [0.05, 0.1) is 6.04 Å². The smallest absolute Gasteiger partial charge is 0.185 e. The van der Waals surface area contributed by atoms with E-state index in [0.717, 1.165) is 16.8 Å². The lowest BCUT2D eigenvalue weighted by atomic mass is 9.64. The fraction of sp³-hybridized carbons (Fsp3) is 0.147. The van der Waals surface area contributed by atoms with Crippen LogP contribution in [0.4, 0.5) is 10.1 Å². The van der Waals surface area contributed by atoms with Crippen LogP contribution in [0, 0.1) is 18.2 Å². The van der Waals surface area contributed by atoms with Gasteiger partial charge in [-0.3, -0.25) is 14.4 Å². The number of para-hydroxylation sites is 1. The molecule has 0 N–H and O–H groups in total. The van der Waals surface area contributed by atoms with Crippen LogP contribution in [0.5, 0.6) is 0 Å². The molecule has 0 radical (unpaired) electrons. The molecule has 39 heavy (non-hydrogen) atoms. The highest BCUT2D eigenvalue weighted by molar-refractivity contribution is 6.32. The number of carbonyl (C=O) groups is 3. The Hall–Kier alpha value is -4.64. The number of anilines is 1. The zero-order valence-electron chi connectivity index (χ0n) is 21.2. The molecule has 3 atom stereocenters. The topological polar surface area (TPSA) is 54.5 Å². The van der Waals surface area contributed by atoms with E-state index in [0.29, 0.717) is 16.7 Å². The number of nitrogens with zero attached hydrogens (tertiary/aromatic N) is 1. The third-order valence-corrected chi connectivity index (χ3v) is 8.56. The van der Waals surface area contributed by atoms with Crippen LogP contribution in [0.2, 0.25) is 0 Å². The van der Waals surface area contributed by atoms with Crippen molar-refractivity contribution in [1.29, 1.82) is 0 Å². The Morgan fingerprint density at radius 1 is 0.795 bits per heavy atom. The molecule has 0 aromatic heterocycles. The number of aryl methyl sites for hydroxylation is 1. The molecule has 4 aromatic rings. The SMILES string of the molecule is Cc1ccc(C(=O)[C@H]2[C@H](c3ccccc3F)C3(C(=O)c4ccccc4C3=O)C3C=Cc4ccccc4N32)cc1. The molecule has 190 valence electrons. The lowest BCUT2D eigenvalue weighted by Crippen LogP contribution is -2.48. The van der Waals surface area contributed by atoms with Gasteiger partial charge in [0.25, 0.3) is 0 Å². The predicted molar refractivity (Wildman–Crippen MR) is 148 cm³/mol. The molecule has 5 heteroatoms. The lowest BCUT2D eigenvalue weighted by Gasteiger charge is -2.37. The van der Waals surface area contributed by atoms with E-state index in [4.69, 9.17) is 0 Å². The Kier molecular flexibility index (Phi) is 5.08. The molecular weight excluding hydrogens is 489 g/mol. The van der Waals surface area contributed by atoms with Crippen molar-refractivity contribution >= 4 is 29.1 Å². The number of halogens is 1. The Morgan fingerprint density at radius 2 is 1.41 bits per heavy atom. The fourth-order valence-corrected chi connectivity index (χ4v) is 6.88. The molecule has 1 unspecified atom stereocenters. The van der Waals surface area contributed by atoms with Gasteiger partial charge in [0, 0.05) is 28.3 Å². The Labute approximate surface area is 225 Å². The second-order valence-electron chi connectivity index (χ2n) is 10.5. The normalized spacial score (nSPS) is 22.1. The molecule has 0 amide bonds. The van der Waals surface area contributed by atoms with Gasteiger partial charge in [-0.05, 0) is 30.2 Å². The molecule has 0 saturated carbocycles. The summed E-state index contributed by atoms with van der Waals surface area (Å²) in [5.74, 6) is -2.59. The summed E-state index contributed by atoms with van der Waals surface area (Å²) in [4.78, 5) is 45.5. The highest BCUT2D eigenvalue weighted by Gasteiger charge is 2.71. The van der Waals surface area contributed by atoms with Gasteiger partial charge in [-0.1, -0.05) is 103 Å². The molecule has 1 saturated heterocycles. The summed E-state index contributed by atoms with van der Waals surface area (Å²) >= 11 is 0. The van der Waals surface area contributed by atoms with Gasteiger partial charge >= 0.3 is 0 Å². The third-order valence-electron chi connectivity index (χ3n) is 8.56. The molecule has 3 aliphatic rings. The highest BCUT2D eigenvalue weighted by atomic mass is 19.1. The van der Waals surface area contributed by atoms with E-state index in [1.54, 1.807) is 54.6 Å². The van der Waals surface area contributed by atoms with Gasteiger partial charge in [-0.2, -0.15) is 0 Å². The van der Waals surface area contributed by atoms with E-state index < -0.39 is 29.2 Å². The minimum absolute atomic E-state index is 0.192. The maximum atomic E-state index is 15.8. The maximum Gasteiger partial charge on any atom is 0.185 e. The zero-order chi connectivity index (χ0) is 26.9. The monoisotopic (exact) mass is 513 g/mol. The summed E-state index contributed by atoms with van der Waals surface area (Å²) < 4.78 is 15.8. The first-order valence-electron chi connectivity index (χ1n) is 13.0. The molecule has 0 bridgehead atoms. The quantitative estimate of drug-likeness (QED) is 0.233. The molecule has 7 rings (SSSR count). The molecule has 4 aromatic carbocycles. The van der Waals surface area contributed by atoms with Gasteiger partial charge < -0.3 is 4.90 Å². The second-order valence-corrected chi connectivity index (χ2v) is 10.5. The summed E-state index contributed by atoms with van der Waals surface area (Å²) in [7, 11) is 0. The third kappa shape index (κ3) is 3.07. The van der Waals surface area contributed by atoms with Gasteiger partial charge in [-0.25, -0.2) is 4.39 Å². The highest BCUT2D eigenvalue weighted by Crippen LogP contribution is 2.61.